The van der Waals surface area contributed by atoms with Gasteiger partial charge in [-0.15, -0.1) is 0 Å². The average molecular weight is 290 g/mol. The van der Waals surface area contributed by atoms with Crippen LogP contribution in [-0.2, 0) is 4.79 Å². The maximum absolute atomic E-state index is 11.8. The predicted octanol–water partition coefficient (Wildman–Crippen LogP) is 2.20. The van der Waals surface area contributed by atoms with Crippen molar-refractivity contribution in [3.05, 3.63) is 28.2 Å². The van der Waals surface area contributed by atoms with Crippen molar-refractivity contribution in [2.24, 2.45) is 5.92 Å². The summed E-state index contributed by atoms with van der Waals surface area (Å²) < 4.78 is 0.805. The normalized spacial score (nSPS) is 18.9. The second-order valence-corrected chi connectivity index (χ2v) is 4.72. The van der Waals surface area contributed by atoms with Crippen LogP contribution >= 0.6 is 15.9 Å². The zero-order valence-corrected chi connectivity index (χ0v) is 10.4. The number of carbonyl (C=O) groups excluding carboxylic acids is 1. The van der Waals surface area contributed by atoms with Gasteiger partial charge in [0.05, 0.1) is 23.2 Å². The van der Waals surface area contributed by atoms with Crippen LogP contribution in [0.5, 0.6) is 0 Å². The first-order valence-corrected chi connectivity index (χ1v) is 5.84. The van der Waals surface area contributed by atoms with Crippen LogP contribution in [0.2, 0.25) is 0 Å². The summed E-state index contributed by atoms with van der Waals surface area (Å²) in [5.74, 6) is -0.390. The van der Waals surface area contributed by atoms with Crippen LogP contribution < -0.4 is 4.90 Å². The summed E-state index contributed by atoms with van der Waals surface area (Å²) in [6.45, 7) is 0.362. The van der Waals surface area contributed by atoms with Crippen molar-refractivity contribution in [2.75, 3.05) is 11.4 Å². The first-order chi connectivity index (χ1) is 8.15. The summed E-state index contributed by atoms with van der Waals surface area (Å²) in [4.78, 5) is 13.3. The van der Waals surface area contributed by atoms with E-state index in [0.29, 0.717) is 17.8 Å². The van der Waals surface area contributed by atoms with Crippen LogP contribution in [0.3, 0.4) is 0 Å². The quantitative estimate of drug-likeness (QED) is 0.796. The lowest BCUT2D eigenvalue weighted by atomic mass is 10.1. The predicted molar refractivity (Wildman–Crippen MR) is 64.9 cm³/mol. The lowest BCUT2D eigenvalue weighted by molar-refractivity contribution is -0.117. The van der Waals surface area contributed by atoms with E-state index >= 15 is 0 Å². The number of amides is 1. The topological polar surface area (TPSA) is 67.9 Å². The van der Waals surface area contributed by atoms with Crippen molar-refractivity contribution in [1.82, 2.24) is 0 Å². The Hall–Kier alpha value is -1.85. The molecule has 0 aromatic heterocycles. The van der Waals surface area contributed by atoms with Gasteiger partial charge in [-0.3, -0.25) is 4.79 Å². The number of nitrogens with zero attached hydrogens (tertiary/aromatic N) is 3. The zero-order valence-electron chi connectivity index (χ0n) is 8.85. The van der Waals surface area contributed by atoms with Gasteiger partial charge in [0, 0.05) is 17.4 Å². The van der Waals surface area contributed by atoms with E-state index in [0.717, 1.165) is 4.47 Å². The van der Waals surface area contributed by atoms with Crippen molar-refractivity contribution in [3.63, 3.8) is 0 Å². The molecule has 1 saturated heterocycles. The van der Waals surface area contributed by atoms with E-state index in [9.17, 15) is 4.79 Å². The second-order valence-electron chi connectivity index (χ2n) is 3.81. The minimum atomic E-state index is -0.284. The molecule has 84 valence electrons. The number of benzene rings is 1. The lowest BCUT2D eigenvalue weighted by Crippen LogP contribution is -2.25. The van der Waals surface area contributed by atoms with Crippen LogP contribution in [0.1, 0.15) is 12.0 Å². The minimum Gasteiger partial charge on any atom is -0.310 e. The van der Waals surface area contributed by atoms with Gasteiger partial charge in [0.1, 0.15) is 6.07 Å². The van der Waals surface area contributed by atoms with Crippen molar-refractivity contribution in [3.8, 4) is 12.1 Å². The first kappa shape index (κ1) is 11.6. The monoisotopic (exact) mass is 289 g/mol. The molecule has 1 heterocycles. The number of carbonyl (C=O) groups is 1. The number of halogens is 1. The van der Waals surface area contributed by atoms with Gasteiger partial charge in [-0.05, 0) is 18.2 Å². The molecule has 1 unspecified atom stereocenters. The maximum atomic E-state index is 11.8. The molecule has 0 aliphatic carbocycles. The Labute approximate surface area is 107 Å². The van der Waals surface area contributed by atoms with E-state index in [1.165, 1.54) is 4.90 Å². The Balaban J connectivity index is 2.42. The summed E-state index contributed by atoms with van der Waals surface area (Å²) >= 11 is 3.31. The molecule has 1 aliphatic rings. The van der Waals surface area contributed by atoms with Gasteiger partial charge in [0.2, 0.25) is 5.91 Å². The Bertz CT molecular complexity index is 556. The van der Waals surface area contributed by atoms with Gasteiger partial charge in [-0.1, -0.05) is 15.9 Å². The Morgan fingerprint density at radius 2 is 2.18 bits per heavy atom. The molecule has 1 fully saturated rings. The Morgan fingerprint density at radius 1 is 1.41 bits per heavy atom. The highest BCUT2D eigenvalue weighted by Gasteiger charge is 2.31. The molecule has 5 heteroatoms. The number of nitriles is 2. The summed E-state index contributed by atoms with van der Waals surface area (Å²) in [5.41, 5.74) is 1.02. The third-order valence-corrected chi connectivity index (χ3v) is 3.17. The molecule has 17 heavy (non-hydrogen) atoms. The standard InChI is InChI=1S/C12H8BrN3O/c13-10-2-1-9(6-15)11(4-10)16-7-8(5-14)3-12(16)17/h1-2,4,8H,3,7H2. The summed E-state index contributed by atoms with van der Waals surface area (Å²) in [7, 11) is 0. The van der Waals surface area contributed by atoms with E-state index in [1.54, 1.807) is 18.2 Å². The number of hydrogen-bond acceptors (Lipinski definition) is 3. The highest BCUT2D eigenvalue weighted by Crippen LogP contribution is 2.30. The van der Waals surface area contributed by atoms with E-state index in [2.05, 4.69) is 28.1 Å². The van der Waals surface area contributed by atoms with Gasteiger partial charge in [0.25, 0.3) is 0 Å². The largest absolute Gasteiger partial charge is 0.310 e. The molecule has 1 atom stereocenters. The molecular weight excluding hydrogens is 282 g/mol. The molecule has 0 spiro atoms. The molecule has 1 aromatic rings. The smallest absolute Gasteiger partial charge is 0.228 e. The molecule has 0 N–H and O–H groups in total. The fourth-order valence-electron chi connectivity index (χ4n) is 1.85. The van der Waals surface area contributed by atoms with Crippen LogP contribution in [-0.4, -0.2) is 12.5 Å². The molecule has 2 rings (SSSR count). The van der Waals surface area contributed by atoms with Gasteiger partial charge < -0.3 is 4.90 Å². The highest BCUT2D eigenvalue weighted by molar-refractivity contribution is 9.10. The second kappa shape index (κ2) is 4.57. The summed E-state index contributed by atoms with van der Waals surface area (Å²) in [5, 5.41) is 17.8. The average Bonchev–Trinajstić information content (AvgIpc) is 2.70. The van der Waals surface area contributed by atoms with Gasteiger partial charge >= 0.3 is 0 Å². The number of hydrogen-bond donors (Lipinski definition) is 0. The molecule has 0 radical (unpaired) electrons. The lowest BCUT2D eigenvalue weighted by Gasteiger charge is -2.17. The molecule has 4 nitrogen and oxygen atoms in total. The van der Waals surface area contributed by atoms with Crippen LogP contribution in [0.4, 0.5) is 5.69 Å². The molecule has 0 saturated carbocycles. The summed E-state index contributed by atoms with van der Waals surface area (Å²) in [6.07, 6.45) is 0.230. The SMILES string of the molecule is N#Cc1ccc(Br)cc1N1CC(C#N)CC1=O. The first-order valence-electron chi connectivity index (χ1n) is 5.05. The number of anilines is 1. The molecular formula is C12H8BrN3O. The van der Waals surface area contributed by atoms with Gasteiger partial charge in [-0.2, -0.15) is 10.5 Å². The fraction of sp³-hybridized carbons (Fsp3) is 0.250. The van der Waals surface area contributed by atoms with Gasteiger partial charge in [0.15, 0.2) is 0 Å². The van der Waals surface area contributed by atoms with E-state index in [1.807, 2.05) is 0 Å². The Morgan fingerprint density at radius 3 is 2.76 bits per heavy atom. The molecule has 1 aliphatic heterocycles. The van der Waals surface area contributed by atoms with Crippen molar-refractivity contribution >= 4 is 27.5 Å². The minimum absolute atomic E-state index is 0.105. The van der Waals surface area contributed by atoms with Crippen molar-refractivity contribution in [1.29, 1.82) is 10.5 Å². The number of rotatable bonds is 1. The third-order valence-electron chi connectivity index (χ3n) is 2.68. The zero-order chi connectivity index (χ0) is 12.4. The van der Waals surface area contributed by atoms with E-state index < -0.39 is 0 Å². The van der Waals surface area contributed by atoms with E-state index in [4.69, 9.17) is 10.5 Å². The summed E-state index contributed by atoms with van der Waals surface area (Å²) in [6, 6.07) is 9.29. The third kappa shape index (κ3) is 2.15. The van der Waals surface area contributed by atoms with Crippen LogP contribution in [0.25, 0.3) is 0 Å². The molecule has 0 bridgehead atoms. The van der Waals surface area contributed by atoms with Crippen molar-refractivity contribution < 1.29 is 4.79 Å². The van der Waals surface area contributed by atoms with E-state index in [-0.39, 0.29) is 18.2 Å². The highest BCUT2D eigenvalue weighted by atomic mass is 79.9. The Kier molecular flexibility index (Phi) is 3.12. The fourth-order valence-corrected chi connectivity index (χ4v) is 2.20. The van der Waals surface area contributed by atoms with Crippen molar-refractivity contribution in [2.45, 2.75) is 6.42 Å². The molecule has 1 aromatic carbocycles. The maximum Gasteiger partial charge on any atom is 0.228 e. The van der Waals surface area contributed by atoms with Crippen LogP contribution in [0, 0.1) is 28.6 Å². The molecule has 1 amide bonds. The van der Waals surface area contributed by atoms with Crippen LogP contribution in [0.15, 0.2) is 22.7 Å². The van der Waals surface area contributed by atoms with Gasteiger partial charge in [-0.25, -0.2) is 0 Å².